The van der Waals surface area contributed by atoms with Crippen LogP contribution in [0.25, 0.3) is 0 Å². The molecule has 0 bridgehead atoms. The number of hydrogen-bond acceptors (Lipinski definition) is 3. The Hall–Kier alpha value is -2.24. The number of thioether (sulfide) groups is 1. The van der Waals surface area contributed by atoms with Crippen LogP contribution < -0.4 is 5.32 Å². The Balaban J connectivity index is 1.53. The molecule has 27 heavy (non-hydrogen) atoms. The first-order chi connectivity index (χ1) is 13.2. The van der Waals surface area contributed by atoms with Gasteiger partial charge >= 0.3 is 0 Å². The van der Waals surface area contributed by atoms with Crippen LogP contribution in [0, 0.1) is 0 Å². The highest BCUT2D eigenvalue weighted by Gasteiger charge is 2.16. The second-order valence-electron chi connectivity index (χ2n) is 6.16. The third kappa shape index (κ3) is 6.15. The van der Waals surface area contributed by atoms with Gasteiger partial charge in [0.2, 0.25) is 5.91 Å². The number of amides is 1. The summed E-state index contributed by atoms with van der Waals surface area (Å²) in [7, 11) is 0. The fraction of sp³-hybridized carbons (Fsp3) is 0.238. The first-order valence-electron chi connectivity index (χ1n) is 8.87. The summed E-state index contributed by atoms with van der Waals surface area (Å²) in [5.74, 6) is 0.466. The summed E-state index contributed by atoms with van der Waals surface area (Å²) in [6.45, 7) is 1.51. The molecule has 4 nitrogen and oxygen atoms in total. The van der Waals surface area contributed by atoms with Crippen LogP contribution in [0.1, 0.15) is 22.8 Å². The minimum atomic E-state index is 0.0560. The van der Waals surface area contributed by atoms with Gasteiger partial charge in [0.1, 0.15) is 0 Å². The topological polar surface area (TPSA) is 46.9 Å². The molecule has 3 rings (SSSR count). The molecule has 0 fully saturated rings. The molecule has 2 aromatic carbocycles. The number of benzene rings is 2. The first kappa shape index (κ1) is 19.5. The van der Waals surface area contributed by atoms with Gasteiger partial charge in [0, 0.05) is 30.5 Å². The van der Waals surface area contributed by atoms with Crippen LogP contribution in [-0.4, -0.2) is 27.8 Å². The highest BCUT2D eigenvalue weighted by Crippen LogP contribution is 2.35. The largest absolute Gasteiger partial charge is 0.355 e. The summed E-state index contributed by atoms with van der Waals surface area (Å²) in [5.41, 5.74) is 2.32. The molecule has 3 aromatic rings. The van der Waals surface area contributed by atoms with Gasteiger partial charge in [-0.25, -0.2) is 4.98 Å². The molecule has 1 atom stereocenters. The normalized spacial score (nSPS) is 11.9. The van der Waals surface area contributed by atoms with Gasteiger partial charge in [-0.05, 0) is 29.7 Å². The summed E-state index contributed by atoms with van der Waals surface area (Å²) in [6, 6.07) is 18.1. The Kier molecular flexibility index (Phi) is 7.36. The van der Waals surface area contributed by atoms with E-state index >= 15 is 0 Å². The molecular weight excluding hydrogens is 378 g/mol. The smallest absolute Gasteiger partial charge is 0.230 e. The molecule has 0 saturated carbocycles. The highest BCUT2D eigenvalue weighted by molar-refractivity contribution is 8.00. The van der Waals surface area contributed by atoms with E-state index in [0.29, 0.717) is 17.3 Å². The number of nitrogens with zero attached hydrogens (tertiary/aromatic N) is 2. The lowest BCUT2D eigenvalue weighted by atomic mass is 10.0. The van der Waals surface area contributed by atoms with Crippen molar-refractivity contribution in [2.24, 2.45) is 0 Å². The van der Waals surface area contributed by atoms with E-state index in [0.717, 1.165) is 18.5 Å². The Morgan fingerprint density at radius 3 is 2.56 bits per heavy atom. The molecule has 0 saturated heterocycles. The fourth-order valence-corrected chi connectivity index (χ4v) is 4.01. The highest BCUT2D eigenvalue weighted by atomic mass is 35.5. The van der Waals surface area contributed by atoms with Crippen LogP contribution in [0.5, 0.6) is 0 Å². The second kappa shape index (κ2) is 10.2. The van der Waals surface area contributed by atoms with Crippen molar-refractivity contribution < 1.29 is 4.79 Å². The van der Waals surface area contributed by atoms with Crippen LogP contribution >= 0.6 is 23.4 Å². The van der Waals surface area contributed by atoms with E-state index in [1.54, 1.807) is 24.3 Å². The minimum absolute atomic E-state index is 0.0560. The van der Waals surface area contributed by atoms with E-state index in [1.807, 2.05) is 53.2 Å². The molecule has 1 N–H and O–H groups in total. The number of carbonyl (C=O) groups excluding carboxylic acids is 1. The van der Waals surface area contributed by atoms with E-state index in [2.05, 4.69) is 22.4 Å². The number of hydrogen-bond donors (Lipinski definition) is 1. The van der Waals surface area contributed by atoms with Gasteiger partial charge in [-0.2, -0.15) is 0 Å². The summed E-state index contributed by atoms with van der Waals surface area (Å²) >= 11 is 7.65. The van der Waals surface area contributed by atoms with Crippen LogP contribution in [0.4, 0.5) is 0 Å². The zero-order valence-corrected chi connectivity index (χ0v) is 16.5. The van der Waals surface area contributed by atoms with Crippen LogP contribution in [0.2, 0.25) is 5.02 Å². The predicted molar refractivity (Wildman–Crippen MR) is 112 cm³/mol. The van der Waals surface area contributed by atoms with Gasteiger partial charge in [-0.3, -0.25) is 4.79 Å². The number of halogens is 1. The van der Waals surface area contributed by atoms with Crippen molar-refractivity contribution in [3.05, 3.63) is 89.5 Å². The molecule has 0 aliphatic carbocycles. The molecule has 1 heterocycles. The van der Waals surface area contributed by atoms with Crippen molar-refractivity contribution in [3.8, 4) is 0 Å². The van der Waals surface area contributed by atoms with Gasteiger partial charge < -0.3 is 9.88 Å². The van der Waals surface area contributed by atoms with E-state index < -0.39 is 0 Å². The quantitative estimate of drug-likeness (QED) is 0.536. The first-order valence-corrected chi connectivity index (χ1v) is 10.3. The number of rotatable bonds is 9. The van der Waals surface area contributed by atoms with Gasteiger partial charge in [-0.15, -0.1) is 11.8 Å². The molecule has 6 heteroatoms. The third-order valence-corrected chi connectivity index (χ3v) is 5.69. The zero-order chi connectivity index (χ0) is 18.9. The van der Waals surface area contributed by atoms with Gasteiger partial charge in [0.05, 0.1) is 17.3 Å². The minimum Gasteiger partial charge on any atom is -0.355 e. The van der Waals surface area contributed by atoms with E-state index in [4.69, 9.17) is 11.6 Å². The number of nitrogens with one attached hydrogen (secondary N) is 1. The maximum Gasteiger partial charge on any atom is 0.230 e. The van der Waals surface area contributed by atoms with E-state index in [1.165, 1.54) is 5.56 Å². The maximum atomic E-state index is 12.3. The predicted octanol–water partition coefficient (Wildman–Crippen LogP) is 4.57. The molecular formula is C21H22ClN3OS. The maximum absolute atomic E-state index is 12.3. The molecule has 140 valence electrons. The van der Waals surface area contributed by atoms with Gasteiger partial charge in [0.25, 0.3) is 0 Å². The third-order valence-electron chi connectivity index (χ3n) is 4.13. The summed E-state index contributed by atoms with van der Waals surface area (Å²) in [5, 5.41) is 3.81. The van der Waals surface area contributed by atoms with E-state index in [9.17, 15) is 4.79 Å². The fourth-order valence-electron chi connectivity index (χ4n) is 2.77. The van der Waals surface area contributed by atoms with Crippen LogP contribution in [0.3, 0.4) is 0 Å². The van der Waals surface area contributed by atoms with Gasteiger partial charge in [-0.1, -0.05) is 54.1 Å². The van der Waals surface area contributed by atoms with E-state index in [-0.39, 0.29) is 11.2 Å². The van der Waals surface area contributed by atoms with Crippen LogP contribution in [0.15, 0.2) is 73.3 Å². The molecule has 0 spiro atoms. The molecule has 0 aliphatic heterocycles. The Bertz CT molecular complexity index is 822. The average Bonchev–Trinajstić information content (AvgIpc) is 3.21. The van der Waals surface area contributed by atoms with Gasteiger partial charge in [0.15, 0.2) is 0 Å². The molecule has 1 amide bonds. The van der Waals surface area contributed by atoms with Crippen LogP contribution in [-0.2, 0) is 11.3 Å². The zero-order valence-electron chi connectivity index (χ0n) is 14.9. The Morgan fingerprint density at radius 2 is 1.85 bits per heavy atom. The van der Waals surface area contributed by atoms with Crippen molar-refractivity contribution in [1.29, 1.82) is 0 Å². The van der Waals surface area contributed by atoms with Crippen molar-refractivity contribution in [2.45, 2.75) is 18.2 Å². The molecule has 0 radical (unpaired) electrons. The lowest BCUT2D eigenvalue weighted by molar-refractivity contribution is -0.118. The van der Waals surface area contributed by atoms with Crippen molar-refractivity contribution in [1.82, 2.24) is 14.9 Å². The summed E-state index contributed by atoms with van der Waals surface area (Å²) in [4.78, 5) is 16.3. The SMILES string of the molecule is O=C(CSC(c1ccccc1)c1ccc(Cl)cc1)NCCCn1ccnc1. The number of aromatic nitrogens is 2. The standard InChI is InChI=1S/C21H22ClN3OS/c22-19-9-7-18(8-10-19)21(17-5-2-1-3-6-17)27-15-20(26)24-11-4-13-25-14-12-23-16-25/h1-3,5-10,12,14,16,21H,4,11,13,15H2,(H,24,26). The Morgan fingerprint density at radius 1 is 1.11 bits per heavy atom. The summed E-state index contributed by atoms with van der Waals surface area (Å²) in [6.07, 6.45) is 6.35. The number of imidazole rings is 1. The number of carbonyl (C=O) groups is 1. The molecule has 1 aromatic heterocycles. The summed E-state index contributed by atoms with van der Waals surface area (Å²) < 4.78 is 2.01. The molecule has 1 unspecified atom stereocenters. The average molecular weight is 400 g/mol. The lowest BCUT2D eigenvalue weighted by Gasteiger charge is -2.18. The second-order valence-corrected chi connectivity index (χ2v) is 7.69. The monoisotopic (exact) mass is 399 g/mol. The number of aryl methyl sites for hydroxylation is 1. The van der Waals surface area contributed by atoms with Crippen molar-refractivity contribution in [2.75, 3.05) is 12.3 Å². The Labute approximate surface area is 169 Å². The van der Waals surface area contributed by atoms with Crippen molar-refractivity contribution in [3.63, 3.8) is 0 Å². The molecule has 0 aliphatic rings. The van der Waals surface area contributed by atoms with Crippen molar-refractivity contribution >= 4 is 29.3 Å². The lowest BCUT2D eigenvalue weighted by Crippen LogP contribution is -2.27.